The summed E-state index contributed by atoms with van der Waals surface area (Å²) in [7, 11) is 1.81. The van der Waals surface area contributed by atoms with Crippen LogP contribution in [0, 0.1) is 5.82 Å². The third-order valence-electron chi connectivity index (χ3n) is 3.70. The topological polar surface area (TPSA) is 80.8 Å². The Morgan fingerprint density at radius 1 is 1.16 bits per heavy atom. The van der Waals surface area contributed by atoms with Gasteiger partial charge in [0.2, 0.25) is 5.95 Å². The third-order valence-corrected chi connectivity index (χ3v) is 3.70. The van der Waals surface area contributed by atoms with Crippen molar-refractivity contribution in [2.45, 2.75) is 6.54 Å². The number of aryl methyl sites for hydroxylation is 1. The fraction of sp³-hybridized carbons (Fsp3) is 0.118. The highest BCUT2D eigenvalue weighted by Gasteiger charge is 2.12. The Morgan fingerprint density at radius 2 is 2.00 bits per heavy atom. The van der Waals surface area contributed by atoms with Crippen molar-refractivity contribution in [1.29, 1.82) is 0 Å². The number of benzene rings is 1. The summed E-state index contributed by atoms with van der Waals surface area (Å²) >= 11 is 0. The van der Waals surface area contributed by atoms with Gasteiger partial charge in [-0.1, -0.05) is 0 Å². The zero-order chi connectivity index (χ0) is 17.2. The number of halogens is 1. The first-order valence-electron chi connectivity index (χ1n) is 7.67. The molecule has 0 fully saturated rings. The van der Waals surface area contributed by atoms with Gasteiger partial charge in [-0.2, -0.15) is 15.1 Å². The van der Waals surface area contributed by atoms with Crippen LogP contribution >= 0.6 is 0 Å². The fourth-order valence-corrected chi connectivity index (χ4v) is 2.45. The molecule has 3 aromatic heterocycles. The Kier molecular flexibility index (Phi) is 3.77. The molecule has 25 heavy (non-hydrogen) atoms. The first-order valence-corrected chi connectivity index (χ1v) is 7.67. The molecule has 0 atom stereocenters. The minimum Gasteiger partial charge on any atom is -0.467 e. The summed E-state index contributed by atoms with van der Waals surface area (Å²) in [6.07, 6.45) is 3.31. The predicted molar refractivity (Wildman–Crippen MR) is 92.0 cm³/mol. The van der Waals surface area contributed by atoms with Crippen LogP contribution in [0.3, 0.4) is 0 Å². The number of aromatic nitrogens is 4. The third kappa shape index (κ3) is 3.14. The molecule has 0 aliphatic heterocycles. The Hall–Kier alpha value is -3.42. The van der Waals surface area contributed by atoms with E-state index in [1.165, 1.54) is 12.1 Å². The van der Waals surface area contributed by atoms with Gasteiger partial charge in [0.1, 0.15) is 17.4 Å². The van der Waals surface area contributed by atoms with E-state index in [1.54, 1.807) is 29.3 Å². The summed E-state index contributed by atoms with van der Waals surface area (Å²) in [5.41, 5.74) is 1.41. The number of nitrogens with zero attached hydrogens (tertiary/aromatic N) is 4. The number of fused-ring (bicyclic) bond motifs is 1. The molecule has 3 heterocycles. The quantitative estimate of drug-likeness (QED) is 0.580. The first kappa shape index (κ1) is 15.1. The van der Waals surface area contributed by atoms with E-state index in [1.807, 2.05) is 19.2 Å². The number of nitrogens with one attached hydrogen (secondary N) is 2. The van der Waals surface area contributed by atoms with Gasteiger partial charge >= 0.3 is 0 Å². The normalized spacial score (nSPS) is 11.0. The minimum absolute atomic E-state index is 0.291. The maximum absolute atomic E-state index is 13.1. The minimum atomic E-state index is -0.291. The molecule has 0 saturated heterocycles. The summed E-state index contributed by atoms with van der Waals surface area (Å²) < 4.78 is 20.1. The highest BCUT2D eigenvalue weighted by molar-refractivity contribution is 5.89. The molecule has 1 aromatic carbocycles. The van der Waals surface area contributed by atoms with Crippen molar-refractivity contribution in [3.8, 4) is 0 Å². The number of hydrogen-bond acceptors (Lipinski definition) is 6. The highest BCUT2D eigenvalue weighted by Crippen LogP contribution is 2.25. The van der Waals surface area contributed by atoms with Crippen LogP contribution < -0.4 is 10.6 Å². The predicted octanol–water partition coefficient (Wildman–Crippen LogP) is 3.45. The van der Waals surface area contributed by atoms with Crippen molar-refractivity contribution in [2.24, 2.45) is 7.05 Å². The first-order chi connectivity index (χ1) is 12.2. The summed E-state index contributed by atoms with van der Waals surface area (Å²) in [6.45, 7) is 0.465. The zero-order valence-corrected chi connectivity index (χ0v) is 13.4. The van der Waals surface area contributed by atoms with Gasteiger partial charge in [-0.15, -0.1) is 0 Å². The Morgan fingerprint density at radius 3 is 2.76 bits per heavy atom. The zero-order valence-electron chi connectivity index (χ0n) is 13.4. The lowest BCUT2D eigenvalue weighted by Gasteiger charge is -2.10. The molecule has 0 amide bonds. The van der Waals surface area contributed by atoms with Gasteiger partial charge in [-0.3, -0.25) is 4.68 Å². The lowest BCUT2D eigenvalue weighted by atomic mass is 10.3. The molecule has 0 aliphatic carbocycles. The second kappa shape index (κ2) is 6.23. The van der Waals surface area contributed by atoms with Crippen LogP contribution in [-0.2, 0) is 13.6 Å². The van der Waals surface area contributed by atoms with E-state index in [2.05, 4.69) is 25.7 Å². The molecular weight excluding hydrogens is 323 g/mol. The standard InChI is InChI=1S/C17H15FN6O/c1-24-16-14(10-20-24)15(21-12-6-4-11(18)5-7-12)22-17(23-16)19-9-13-3-2-8-25-13/h2-8,10H,9H2,1H3,(H2,19,21,22,23). The lowest BCUT2D eigenvalue weighted by molar-refractivity contribution is 0.517. The average Bonchev–Trinajstić information content (AvgIpc) is 3.26. The molecular formula is C17H15FN6O. The van der Waals surface area contributed by atoms with Gasteiger partial charge in [0.15, 0.2) is 5.65 Å². The SMILES string of the molecule is Cn1ncc2c(Nc3ccc(F)cc3)nc(NCc3ccco3)nc21. The smallest absolute Gasteiger partial charge is 0.227 e. The largest absolute Gasteiger partial charge is 0.467 e. The van der Waals surface area contributed by atoms with Crippen LogP contribution in [0.5, 0.6) is 0 Å². The molecule has 0 saturated carbocycles. The Labute approximate surface area is 142 Å². The molecule has 0 aliphatic rings. The van der Waals surface area contributed by atoms with Crippen LogP contribution in [0.15, 0.2) is 53.3 Å². The molecule has 0 unspecified atom stereocenters. The van der Waals surface area contributed by atoms with Gasteiger partial charge in [0, 0.05) is 12.7 Å². The van der Waals surface area contributed by atoms with Crippen LogP contribution in [0.25, 0.3) is 11.0 Å². The van der Waals surface area contributed by atoms with Crippen LogP contribution in [0.2, 0.25) is 0 Å². The molecule has 0 radical (unpaired) electrons. The van der Waals surface area contributed by atoms with Crippen molar-refractivity contribution < 1.29 is 8.81 Å². The Balaban J connectivity index is 1.67. The molecule has 4 aromatic rings. The van der Waals surface area contributed by atoms with Crippen LogP contribution in [0.1, 0.15) is 5.76 Å². The molecule has 2 N–H and O–H groups in total. The molecule has 7 nitrogen and oxygen atoms in total. The van der Waals surface area contributed by atoms with E-state index >= 15 is 0 Å². The Bertz CT molecular complexity index is 994. The van der Waals surface area contributed by atoms with Gasteiger partial charge < -0.3 is 15.1 Å². The summed E-state index contributed by atoms with van der Waals surface area (Å²) in [4.78, 5) is 9.00. The average molecular weight is 338 g/mol. The van der Waals surface area contributed by atoms with E-state index in [0.717, 1.165) is 16.8 Å². The monoisotopic (exact) mass is 338 g/mol. The van der Waals surface area contributed by atoms with E-state index < -0.39 is 0 Å². The van der Waals surface area contributed by atoms with Crippen molar-refractivity contribution in [3.05, 3.63) is 60.4 Å². The van der Waals surface area contributed by atoms with Gasteiger partial charge in [0.05, 0.1) is 24.4 Å². The molecule has 0 bridgehead atoms. The highest BCUT2D eigenvalue weighted by atomic mass is 19.1. The number of rotatable bonds is 5. The maximum Gasteiger partial charge on any atom is 0.227 e. The van der Waals surface area contributed by atoms with E-state index in [-0.39, 0.29) is 5.82 Å². The number of hydrogen-bond donors (Lipinski definition) is 2. The van der Waals surface area contributed by atoms with Gasteiger partial charge in [0.25, 0.3) is 0 Å². The molecule has 0 spiro atoms. The van der Waals surface area contributed by atoms with Crippen molar-refractivity contribution >= 4 is 28.5 Å². The summed E-state index contributed by atoms with van der Waals surface area (Å²) in [5.74, 6) is 1.52. The summed E-state index contributed by atoms with van der Waals surface area (Å²) in [6, 6.07) is 9.77. The van der Waals surface area contributed by atoms with E-state index in [4.69, 9.17) is 4.42 Å². The fourth-order valence-electron chi connectivity index (χ4n) is 2.45. The molecule has 126 valence electrons. The van der Waals surface area contributed by atoms with Gasteiger partial charge in [-0.05, 0) is 36.4 Å². The van der Waals surface area contributed by atoms with Gasteiger partial charge in [-0.25, -0.2) is 4.39 Å². The van der Waals surface area contributed by atoms with E-state index in [9.17, 15) is 4.39 Å². The van der Waals surface area contributed by atoms with Crippen molar-refractivity contribution in [3.63, 3.8) is 0 Å². The second-order valence-electron chi connectivity index (χ2n) is 5.47. The maximum atomic E-state index is 13.1. The van der Waals surface area contributed by atoms with E-state index in [0.29, 0.717) is 24.0 Å². The van der Waals surface area contributed by atoms with Crippen molar-refractivity contribution in [2.75, 3.05) is 10.6 Å². The lowest BCUT2D eigenvalue weighted by Crippen LogP contribution is -2.06. The van der Waals surface area contributed by atoms with Crippen molar-refractivity contribution in [1.82, 2.24) is 19.7 Å². The molecule has 8 heteroatoms. The van der Waals surface area contributed by atoms with Crippen LogP contribution in [-0.4, -0.2) is 19.7 Å². The number of anilines is 3. The second-order valence-corrected chi connectivity index (χ2v) is 5.47. The van der Waals surface area contributed by atoms with Crippen LogP contribution in [0.4, 0.5) is 21.8 Å². The molecule has 4 rings (SSSR count). The summed E-state index contributed by atoms with van der Waals surface area (Å²) in [5, 5.41) is 11.3. The number of furan rings is 1.